The fourth-order valence-corrected chi connectivity index (χ4v) is 0.923. The Hall–Kier alpha value is 1.10. The van der Waals surface area contributed by atoms with Gasteiger partial charge in [0.25, 0.3) is 0 Å². The summed E-state index contributed by atoms with van der Waals surface area (Å²) in [6.45, 7) is 0. The number of hydrogen-bond acceptors (Lipinski definition) is 3. The van der Waals surface area contributed by atoms with E-state index in [4.69, 9.17) is 12.2 Å². The molecule has 0 aromatic rings. The van der Waals surface area contributed by atoms with Gasteiger partial charge in [0.05, 0.1) is 0 Å². The summed E-state index contributed by atoms with van der Waals surface area (Å²) in [6, 6.07) is 0. The van der Waals surface area contributed by atoms with E-state index < -0.39 is 0 Å². The van der Waals surface area contributed by atoms with Crippen LogP contribution >= 0.6 is 49.0 Å². The zero-order chi connectivity index (χ0) is 8.15. The van der Waals surface area contributed by atoms with Crippen molar-refractivity contribution < 1.29 is 19.5 Å². The molecule has 0 aromatic heterocycles. The zero-order valence-corrected chi connectivity index (χ0v) is 12.6. The molecular weight excluding hydrogens is 270 g/mol. The molecular formula is C4H8N2S4Zn. The van der Waals surface area contributed by atoms with Gasteiger partial charge in [0, 0.05) is 45.5 Å². The Labute approximate surface area is 100 Å². The zero-order valence-electron chi connectivity index (χ0n) is 6.33. The monoisotopic (exact) mass is 276 g/mol. The van der Waals surface area contributed by atoms with Crippen molar-refractivity contribution in [1.29, 1.82) is 0 Å². The third-order valence-corrected chi connectivity index (χ3v) is 2.55. The van der Waals surface area contributed by atoms with Gasteiger partial charge in [-0.25, -0.2) is 0 Å². The van der Waals surface area contributed by atoms with E-state index in [0.29, 0.717) is 4.32 Å². The van der Waals surface area contributed by atoms with Gasteiger partial charge in [-0.05, 0) is 0 Å². The van der Waals surface area contributed by atoms with Crippen LogP contribution in [0, 0.1) is 0 Å². The van der Waals surface area contributed by atoms with Gasteiger partial charge in [0.1, 0.15) is 4.32 Å². The number of thiol groups is 1. The molecule has 0 bridgehead atoms. The molecule has 0 heterocycles. The fourth-order valence-electron chi connectivity index (χ4n) is 0.179. The molecule has 11 heavy (non-hydrogen) atoms. The number of thiocarbonyl (C=S) groups is 2. The molecule has 0 aliphatic rings. The van der Waals surface area contributed by atoms with Gasteiger partial charge < -0.3 is 9.62 Å². The minimum absolute atomic E-state index is 0. The fraction of sp³-hybridized carbons (Fsp3) is 0.500. The van der Waals surface area contributed by atoms with Crippen molar-refractivity contribution in [1.82, 2.24) is 9.62 Å². The third kappa shape index (κ3) is 9.01. The van der Waals surface area contributed by atoms with E-state index >= 15 is 0 Å². The van der Waals surface area contributed by atoms with Crippen LogP contribution in [0.3, 0.4) is 0 Å². The van der Waals surface area contributed by atoms with E-state index in [-0.39, 0.29) is 19.5 Å². The number of rotatable bonds is 0. The first-order valence-corrected chi connectivity index (χ1v) is 4.49. The maximum Gasteiger partial charge on any atom is 0.156 e. The number of nitrogens with one attached hydrogen (secondary N) is 1. The first-order chi connectivity index (χ1) is 4.54. The van der Waals surface area contributed by atoms with Crippen LogP contribution in [-0.4, -0.2) is 27.6 Å². The minimum atomic E-state index is 0. The Balaban J connectivity index is 0. The second kappa shape index (κ2) is 7.74. The van der Waals surface area contributed by atoms with E-state index in [1.807, 2.05) is 19.0 Å². The van der Waals surface area contributed by atoms with Gasteiger partial charge >= 0.3 is 0 Å². The van der Waals surface area contributed by atoms with Gasteiger partial charge in [0.15, 0.2) is 4.32 Å². The van der Waals surface area contributed by atoms with Gasteiger partial charge in [-0.1, -0.05) is 24.4 Å². The van der Waals surface area contributed by atoms with E-state index in [0.717, 1.165) is 4.32 Å². The average Bonchev–Trinajstić information content (AvgIpc) is 1.82. The van der Waals surface area contributed by atoms with Crippen LogP contribution in [-0.2, 0) is 19.5 Å². The molecule has 7 heteroatoms. The predicted octanol–water partition coefficient (Wildman–Crippen LogP) is 1.28. The van der Waals surface area contributed by atoms with Crippen LogP contribution in [0.5, 0.6) is 0 Å². The van der Waals surface area contributed by atoms with Crippen LogP contribution in [0.1, 0.15) is 0 Å². The van der Waals surface area contributed by atoms with Crippen molar-refractivity contribution in [3.63, 3.8) is 0 Å². The molecule has 2 nitrogen and oxygen atoms in total. The molecule has 0 aliphatic carbocycles. The molecule has 0 fully saturated rings. The molecule has 0 atom stereocenters. The van der Waals surface area contributed by atoms with Gasteiger partial charge in [-0.2, -0.15) is 0 Å². The molecule has 60 valence electrons. The molecule has 0 saturated heterocycles. The molecule has 0 radical (unpaired) electrons. The summed E-state index contributed by atoms with van der Waals surface area (Å²) in [5.41, 5.74) is 0. The van der Waals surface area contributed by atoms with E-state index in [9.17, 15) is 0 Å². The second-order valence-electron chi connectivity index (χ2n) is 1.67. The standard InChI is InChI=1S/C4H8N2S4.Zn/c1-6(2)4(9)10-5-3(7)8;/h1-2H3,(H2,5,7,8);. The Kier molecular flexibility index (Phi) is 10.3. The summed E-state index contributed by atoms with van der Waals surface area (Å²) >= 11 is 14.7. The second-order valence-corrected chi connectivity index (χ2v) is 4.27. The first kappa shape index (κ1) is 14.6. The number of nitrogens with zero attached hydrogens (tertiary/aromatic N) is 1. The summed E-state index contributed by atoms with van der Waals surface area (Å²) in [4.78, 5) is 1.82. The van der Waals surface area contributed by atoms with E-state index in [1.54, 1.807) is 0 Å². The Morgan fingerprint density at radius 3 is 2.18 bits per heavy atom. The maximum atomic E-state index is 4.93. The molecule has 0 saturated carbocycles. The van der Waals surface area contributed by atoms with Crippen molar-refractivity contribution in [3.05, 3.63) is 0 Å². The molecule has 0 unspecified atom stereocenters. The minimum Gasteiger partial charge on any atom is -0.362 e. The van der Waals surface area contributed by atoms with Crippen LogP contribution in [0.4, 0.5) is 0 Å². The Bertz CT molecular complexity index is 149. The van der Waals surface area contributed by atoms with Crippen molar-refractivity contribution in [2.75, 3.05) is 14.1 Å². The Morgan fingerprint density at radius 2 is 1.91 bits per heavy atom. The summed E-state index contributed by atoms with van der Waals surface area (Å²) in [5.74, 6) is 0. The molecule has 0 aromatic carbocycles. The number of hydrogen-bond donors (Lipinski definition) is 2. The van der Waals surface area contributed by atoms with Crippen LogP contribution in [0.15, 0.2) is 0 Å². The van der Waals surface area contributed by atoms with Gasteiger partial charge in [-0.15, -0.1) is 12.6 Å². The van der Waals surface area contributed by atoms with E-state index in [1.165, 1.54) is 11.9 Å². The van der Waals surface area contributed by atoms with Crippen molar-refractivity contribution in [2.45, 2.75) is 0 Å². The van der Waals surface area contributed by atoms with Gasteiger partial charge in [-0.3, -0.25) is 0 Å². The summed E-state index contributed by atoms with van der Waals surface area (Å²) in [5, 5.41) is 0. The van der Waals surface area contributed by atoms with Crippen molar-refractivity contribution >= 4 is 57.7 Å². The van der Waals surface area contributed by atoms with E-state index in [2.05, 4.69) is 29.6 Å². The third-order valence-electron chi connectivity index (χ3n) is 0.591. The predicted molar refractivity (Wildman–Crippen MR) is 58.6 cm³/mol. The SMILES string of the molecule is CN(C)C(=S)SNC(=S)S.[Zn]. The van der Waals surface area contributed by atoms with Crippen LogP contribution in [0.25, 0.3) is 0 Å². The summed E-state index contributed by atoms with van der Waals surface area (Å²) in [7, 11) is 3.75. The van der Waals surface area contributed by atoms with Gasteiger partial charge in [0.2, 0.25) is 0 Å². The largest absolute Gasteiger partial charge is 0.362 e. The quantitative estimate of drug-likeness (QED) is 0.299. The summed E-state index contributed by atoms with van der Waals surface area (Å²) in [6.07, 6.45) is 0. The smallest absolute Gasteiger partial charge is 0.156 e. The molecule has 1 N–H and O–H groups in total. The molecule has 0 amide bonds. The molecule has 0 aliphatic heterocycles. The maximum absolute atomic E-state index is 4.93. The van der Waals surface area contributed by atoms with Crippen molar-refractivity contribution in [2.24, 2.45) is 0 Å². The van der Waals surface area contributed by atoms with Crippen LogP contribution in [0.2, 0.25) is 0 Å². The normalized spacial score (nSPS) is 7.91. The average molecular weight is 278 g/mol. The topological polar surface area (TPSA) is 15.3 Å². The van der Waals surface area contributed by atoms with Crippen molar-refractivity contribution in [3.8, 4) is 0 Å². The first-order valence-electron chi connectivity index (χ1n) is 2.41. The Morgan fingerprint density at radius 1 is 1.45 bits per heavy atom. The van der Waals surface area contributed by atoms with Crippen LogP contribution < -0.4 is 4.72 Å². The molecule has 0 spiro atoms. The summed E-state index contributed by atoms with van der Waals surface area (Å²) < 4.78 is 3.93. The molecule has 0 rings (SSSR count).